The number of carboxylic acid groups (broad SMARTS) is 1. The van der Waals surface area contributed by atoms with Crippen LogP contribution in [0, 0.1) is 5.82 Å². The number of thiophene rings is 1. The van der Waals surface area contributed by atoms with Gasteiger partial charge in [0, 0.05) is 11.6 Å². The van der Waals surface area contributed by atoms with Crippen molar-refractivity contribution < 1.29 is 28.6 Å². The summed E-state index contributed by atoms with van der Waals surface area (Å²) in [6, 6.07) is 10.6. The third-order valence-electron chi connectivity index (χ3n) is 5.12. The number of amides is 2. The quantitative estimate of drug-likeness (QED) is 0.509. The molecule has 0 aliphatic carbocycles. The van der Waals surface area contributed by atoms with Gasteiger partial charge in [0.25, 0.3) is 5.91 Å². The van der Waals surface area contributed by atoms with Crippen LogP contribution in [0.1, 0.15) is 45.0 Å². The molecule has 1 aliphatic rings. The lowest BCUT2D eigenvalue weighted by Crippen LogP contribution is -2.42. The first-order chi connectivity index (χ1) is 15.1. The van der Waals surface area contributed by atoms with Crippen LogP contribution in [-0.4, -0.2) is 22.9 Å². The molecule has 0 spiro atoms. The second-order valence-corrected chi connectivity index (χ2v) is 8.97. The Kier molecular flexibility index (Phi) is 5.52. The van der Waals surface area contributed by atoms with Crippen LogP contribution >= 0.6 is 22.9 Å². The highest BCUT2D eigenvalue weighted by Crippen LogP contribution is 2.38. The molecule has 1 aromatic heterocycles. The minimum absolute atomic E-state index is 0.0174. The van der Waals surface area contributed by atoms with Crippen molar-refractivity contribution in [3.05, 3.63) is 80.3 Å². The molecule has 164 valence electrons. The summed E-state index contributed by atoms with van der Waals surface area (Å²) in [5.74, 6) is -2.72. The highest BCUT2D eigenvalue weighted by Gasteiger charge is 2.38. The summed E-state index contributed by atoms with van der Waals surface area (Å²) < 4.78 is 20.3. The van der Waals surface area contributed by atoms with Gasteiger partial charge in [-0.2, -0.15) is 0 Å². The van der Waals surface area contributed by atoms with E-state index in [9.17, 15) is 23.9 Å². The molecule has 0 fully saturated rings. The van der Waals surface area contributed by atoms with Crippen molar-refractivity contribution in [3.63, 3.8) is 0 Å². The second kappa shape index (κ2) is 8.03. The van der Waals surface area contributed by atoms with E-state index in [1.165, 1.54) is 23.6 Å². The lowest BCUT2D eigenvalue weighted by molar-refractivity contribution is -0.117. The molecule has 32 heavy (non-hydrogen) atoms. The van der Waals surface area contributed by atoms with E-state index in [1.54, 1.807) is 38.1 Å². The number of ether oxygens (including phenoxy) is 1. The largest absolute Gasteiger partial charge is 0.483 e. The molecule has 0 unspecified atom stereocenters. The predicted octanol–water partition coefficient (Wildman–Crippen LogP) is 5.28. The Labute approximate surface area is 191 Å². The summed E-state index contributed by atoms with van der Waals surface area (Å²) in [7, 11) is 0. The van der Waals surface area contributed by atoms with Crippen LogP contribution < -0.4 is 9.64 Å². The maximum absolute atomic E-state index is 14.3. The van der Waals surface area contributed by atoms with Gasteiger partial charge in [0.05, 0.1) is 22.7 Å². The molecule has 0 saturated carbocycles. The van der Waals surface area contributed by atoms with Crippen LogP contribution in [0.2, 0.25) is 5.02 Å². The maximum Gasteiger partial charge on any atom is 0.346 e. The van der Waals surface area contributed by atoms with Gasteiger partial charge in [-0.25, -0.2) is 14.1 Å². The zero-order chi connectivity index (χ0) is 23.2. The minimum atomic E-state index is -1.24. The fourth-order valence-electron chi connectivity index (χ4n) is 3.65. The highest BCUT2D eigenvalue weighted by atomic mass is 35.5. The zero-order valence-electron chi connectivity index (χ0n) is 17.0. The third kappa shape index (κ3) is 3.76. The number of imide groups is 1. The van der Waals surface area contributed by atoms with Gasteiger partial charge in [0.15, 0.2) is 0 Å². The van der Waals surface area contributed by atoms with E-state index >= 15 is 0 Å². The zero-order valence-corrected chi connectivity index (χ0v) is 18.6. The van der Waals surface area contributed by atoms with E-state index in [2.05, 4.69) is 0 Å². The SMILES string of the molecule is CC(C)(Oc1ccc(Cl)c(N2C(=O)Cc3csc(C(=O)O)c3C2=O)c1)c1ccccc1F. The lowest BCUT2D eigenvalue weighted by Gasteiger charge is -2.29. The monoisotopic (exact) mass is 473 g/mol. The Balaban J connectivity index is 1.72. The van der Waals surface area contributed by atoms with Gasteiger partial charge >= 0.3 is 5.97 Å². The minimum Gasteiger partial charge on any atom is -0.483 e. The summed E-state index contributed by atoms with van der Waals surface area (Å²) in [4.78, 5) is 38.2. The molecule has 1 N–H and O–H groups in total. The van der Waals surface area contributed by atoms with E-state index in [1.807, 2.05) is 0 Å². The number of anilines is 1. The number of nitrogens with zero attached hydrogens (tertiary/aromatic N) is 1. The van der Waals surface area contributed by atoms with E-state index < -0.39 is 29.2 Å². The number of carbonyl (C=O) groups excluding carboxylic acids is 2. The molecule has 0 saturated heterocycles. The molecule has 2 aromatic carbocycles. The molecule has 9 heteroatoms. The van der Waals surface area contributed by atoms with Crippen LogP contribution in [0.3, 0.4) is 0 Å². The van der Waals surface area contributed by atoms with Crippen molar-refractivity contribution in [2.24, 2.45) is 0 Å². The summed E-state index contributed by atoms with van der Waals surface area (Å²) in [6.45, 7) is 3.38. The Morgan fingerprint density at radius 1 is 1.22 bits per heavy atom. The van der Waals surface area contributed by atoms with Gasteiger partial charge in [-0.05, 0) is 43.0 Å². The molecule has 0 bridgehead atoms. The number of fused-ring (bicyclic) bond motifs is 1. The van der Waals surface area contributed by atoms with Gasteiger partial charge in [0.1, 0.15) is 22.0 Å². The molecule has 2 heterocycles. The van der Waals surface area contributed by atoms with Crippen molar-refractivity contribution >= 4 is 46.4 Å². The van der Waals surface area contributed by atoms with E-state index in [4.69, 9.17) is 16.3 Å². The Morgan fingerprint density at radius 3 is 2.62 bits per heavy atom. The van der Waals surface area contributed by atoms with Gasteiger partial charge in [-0.1, -0.05) is 29.8 Å². The molecule has 6 nitrogen and oxygen atoms in total. The average Bonchev–Trinajstić information content (AvgIpc) is 3.14. The predicted molar refractivity (Wildman–Crippen MR) is 118 cm³/mol. The summed E-state index contributed by atoms with van der Waals surface area (Å²) in [6.07, 6.45) is -0.132. The Bertz CT molecular complexity index is 1270. The first-order valence-corrected chi connectivity index (χ1v) is 10.8. The number of carboxylic acids is 1. The molecule has 3 aromatic rings. The van der Waals surface area contributed by atoms with Gasteiger partial charge in [0.2, 0.25) is 5.91 Å². The first kappa shape index (κ1) is 22.0. The van der Waals surface area contributed by atoms with Crippen LogP contribution in [0.25, 0.3) is 0 Å². The Morgan fingerprint density at radius 2 is 1.94 bits per heavy atom. The standard InChI is InChI=1S/C23H17ClFNO5S/c1-23(2,14-5-3-4-6-16(14)25)31-13-7-8-15(24)17(10-13)26-18(27)9-12-11-32-20(22(29)30)19(12)21(26)28/h3-8,10-11H,9H2,1-2H3,(H,29,30). The molecule has 0 atom stereocenters. The topological polar surface area (TPSA) is 83.9 Å². The summed E-state index contributed by atoms with van der Waals surface area (Å²) in [5.41, 5.74) is -0.310. The fraction of sp³-hybridized carbons (Fsp3) is 0.174. The number of aromatic carboxylic acids is 1. The van der Waals surface area contributed by atoms with E-state index in [0.29, 0.717) is 11.1 Å². The van der Waals surface area contributed by atoms with Gasteiger partial charge in [-0.15, -0.1) is 11.3 Å². The van der Waals surface area contributed by atoms with E-state index in [0.717, 1.165) is 16.2 Å². The number of carbonyl (C=O) groups is 3. The normalized spacial score (nSPS) is 13.8. The van der Waals surface area contributed by atoms with Crippen molar-refractivity contribution in [3.8, 4) is 5.75 Å². The molecular weight excluding hydrogens is 457 g/mol. The summed E-state index contributed by atoms with van der Waals surface area (Å²) >= 11 is 7.20. The maximum atomic E-state index is 14.3. The number of rotatable bonds is 5. The van der Waals surface area contributed by atoms with Crippen LogP contribution in [-0.2, 0) is 16.8 Å². The second-order valence-electron chi connectivity index (χ2n) is 7.69. The van der Waals surface area contributed by atoms with Crippen molar-refractivity contribution in [2.45, 2.75) is 25.9 Å². The van der Waals surface area contributed by atoms with Crippen LogP contribution in [0.15, 0.2) is 47.8 Å². The van der Waals surface area contributed by atoms with E-state index in [-0.39, 0.29) is 33.3 Å². The molecule has 1 aliphatic heterocycles. The van der Waals surface area contributed by atoms with Crippen LogP contribution in [0.5, 0.6) is 5.75 Å². The van der Waals surface area contributed by atoms with Gasteiger partial charge < -0.3 is 9.84 Å². The van der Waals surface area contributed by atoms with Gasteiger partial charge in [-0.3, -0.25) is 9.59 Å². The molecule has 4 rings (SSSR count). The highest BCUT2D eigenvalue weighted by molar-refractivity contribution is 7.12. The van der Waals surface area contributed by atoms with Crippen molar-refractivity contribution in [1.29, 1.82) is 0 Å². The smallest absolute Gasteiger partial charge is 0.346 e. The Hall–Kier alpha value is -3.23. The third-order valence-corrected chi connectivity index (χ3v) is 6.46. The van der Waals surface area contributed by atoms with Crippen LogP contribution in [0.4, 0.5) is 10.1 Å². The van der Waals surface area contributed by atoms with Crippen molar-refractivity contribution in [2.75, 3.05) is 4.90 Å². The lowest BCUT2D eigenvalue weighted by atomic mass is 9.97. The molecule has 2 amide bonds. The molecular formula is C23H17ClFNO5S. The molecule has 0 radical (unpaired) electrons. The first-order valence-electron chi connectivity index (χ1n) is 9.54. The average molecular weight is 474 g/mol. The van der Waals surface area contributed by atoms with Crippen molar-refractivity contribution in [1.82, 2.24) is 0 Å². The number of hydrogen-bond acceptors (Lipinski definition) is 5. The number of hydrogen-bond donors (Lipinski definition) is 1. The fourth-order valence-corrected chi connectivity index (χ4v) is 4.75. The summed E-state index contributed by atoms with van der Waals surface area (Å²) in [5, 5.41) is 11.0. The number of benzene rings is 2. The number of halogens is 2.